The van der Waals surface area contributed by atoms with E-state index in [0.717, 1.165) is 18.4 Å². The number of hydrogen-bond acceptors (Lipinski definition) is 5. The van der Waals surface area contributed by atoms with Crippen LogP contribution in [0.1, 0.15) is 35.0 Å². The molecule has 1 aromatic carbocycles. The Morgan fingerprint density at radius 1 is 1.35 bits per heavy atom. The van der Waals surface area contributed by atoms with Gasteiger partial charge in [-0.2, -0.15) is 0 Å². The highest BCUT2D eigenvalue weighted by Crippen LogP contribution is 2.43. The van der Waals surface area contributed by atoms with Gasteiger partial charge in [-0.25, -0.2) is 9.78 Å². The van der Waals surface area contributed by atoms with Gasteiger partial charge in [-0.05, 0) is 31.0 Å². The highest BCUT2D eigenvalue weighted by atomic mass is 16.5. The monoisotopic (exact) mass is 273 g/mol. The highest BCUT2D eigenvalue weighted by Gasteiger charge is 2.34. The van der Waals surface area contributed by atoms with Crippen molar-refractivity contribution in [2.75, 3.05) is 14.2 Å². The van der Waals surface area contributed by atoms with Crippen LogP contribution in [-0.4, -0.2) is 25.2 Å². The third-order valence-corrected chi connectivity index (χ3v) is 3.30. The van der Waals surface area contributed by atoms with Crippen LogP contribution in [0.15, 0.2) is 28.7 Å². The molecule has 1 aliphatic carbocycles. The van der Waals surface area contributed by atoms with Gasteiger partial charge in [-0.1, -0.05) is 6.07 Å². The Balaban J connectivity index is 2.03. The Hall–Kier alpha value is -2.30. The third kappa shape index (κ3) is 2.27. The first kappa shape index (κ1) is 12.7. The van der Waals surface area contributed by atoms with E-state index in [1.807, 2.05) is 24.3 Å². The molecule has 0 radical (unpaired) electrons. The van der Waals surface area contributed by atoms with E-state index in [9.17, 15) is 4.79 Å². The number of nitrogens with zero attached hydrogens (tertiary/aromatic N) is 1. The van der Waals surface area contributed by atoms with E-state index in [1.54, 1.807) is 7.11 Å². The Morgan fingerprint density at radius 2 is 2.15 bits per heavy atom. The first-order valence-corrected chi connectivity index (χ1v) is 6.46. The maximum absolute atomic E-state index is 11.8. The molecule has 0 saturated heterocycles. The number of aromatic nitrogens is 1. The largest absolute Gasteiger partial charge is 0.497 e. The van der Waals surface area contributed by atoms with Gasteiger partial charge in [-0.15, -0.1) is 0 Å². The smallest absolute Gasteiger partial charge is 0.360 e. The molecule has 1 aromatic heterocycles. The molecule has 0 N–H and O–H groups in total. The Bertz CT molecular complexity index is 643. The van der Waals surface area contributed by atoms with Gasteiger partial charge in [-0.3, -0.25) is 0 Å². The van der Waals surface area contributed by atoms with Crippen LogP contribution in [0.4, 0.5) is 0 Å². The van der Waals surface area contributed by atoms with E-state index < -0.39 is 5.97 Å². The molecule has 5 nitrogen and oxygen atoms in total. The molecule has 5 heteroatoms. The molecule has 20 heavy (non-hydrogen) atoms. The third-order valence-electron chi connectivity index (χ3n) is 3.30. The van der Waals surface area contributed by atoms with E-state index in [-0.39, 0.29) is 11.6 Å². The van der Waals surface area contributed by atoms with Gasteiger partial charge in [0, 0.05) is 11.5 Å². The van der Waals surface area contributed by atoms with Crippen molar-refractivity contribution in [3.05, 3.63) is 35.7 Å². The first-order valence-electron chi connectivity index (χ1n) is 6.46. The lowest BCUT2D eigenvalue weighted by Gasteiger charge is -2.00. The second kappa shape index (κ2) is 5.00. The molecule has 0 aliphatic heterocycles. The molecule has 1 fully saturated rings. The number of esters is 1. The maximum atomic E-state index is 11.8. The summed E-state index contributed by atoms with van der Waals surface area (Å²) in [7, 11) is 2.95. The van der Waals surface area contributed by atoms with E-state index in [0.29, 0.717) is 17.4 Å². The molecule has 0 spiro atoms. The molecule has 1 aliphatic rings. The van der Waals surface area contributed by atoms with Crippen LogP contribution in [0, 0.1) is 0 Å². The number of oxazole rings is 1. The van der Waals surface area contributed by atoms with Crippen LogP contribution >= 0.6 is 0 Å². The predicted octanol–water partition coefficient (Wildman–Crippen LogP) is 3.01. The number of carbonyl (C=O) groups is 1. The van der Waals surface area contributed by atoms with Gasteiger partial charge in [0.1, 0.15) is 11.5 Å². The number of carbonyl (C=O) groups excluding carboxylic acids is 1. The standard InChI is InChI=1S/C15H15NO4/c1-18-11-5-3-4-10(8-11)14-16-12(15(17)19-2)13(20-14)9-6-7-9/h3-5,8-9H,6-7H2,1-2H3. The summed E-state index contributed by atoms with van der Waals surface area (Å²) in [4.78, 5) is 16.1. The molecule has 0 atom stereocenters. The Kier molecular flexibility index (Phi) is 3.18. The predicted molar refractivity (Wildman–Crippen MR) is 71.8 cm³/mol. The van der Waals surface area contributed by atoms with Crippen molar-refractivity contribution in [2.45, 2.75) is 18.8 Å². The summed E-state index contributed by atoms with van der Waals surface area (Å²) in [6, 6.07) is 7.39. The number of ether oxygens (including phenoxy) is 2. The van der Waals surface area contributed by atoms with Gasteiger partial charge < -0.3 is 13.9 Å². The Morgan fingerprint density at radius 3 is 2.80 bits per heavy atom. The summed E-state index contributed by atoms with van der Waals surface area (Å²) in [5.74, 6) is 1.61. The van der Waals surface area contributed by atoms with E-state index in [4.69, 9.17) is 13.9 Å². The van der Waals surface area contributed by atoms with Crippen LogP contribution in [0.2, 0.25) is 0 Å². The van der Waals surface area contributed by atoms with Crippen molar-refractivity contribution in [3.8, 4) is 17.2 Å². The van der Waals surface area contributed by atoms with E-state index in [2.05, 4.69) is 4.98 Å². The maximum Gasteiger partial charge on any atom is 0.360 e. The van der Waals surface area contributed by atoms with Gasteiger partial charge in [0.2, 0.25) is 5.89 Å². The highest BCUT2D eigenvalue weighted by molar-refractivity contribution is 5.89. The summed E-state index contributed by atoms with van der Waals surface area (Å²) < 4.78 is 15.7. The minimum absolute atomic E-state index is 0.285. The summed E-state index contributed by atoms with van der Waals surface area (Å²) in [6.07, 6.45) is 2.05. The lowest BCUT2D eigenvalue weighted by molar-refractivity contribution is 0.0592. The van der Waals surface area contributed by atoms with Crippen LogP contribution in [0.3, 0.4) is 0 Å². The number of hydrogen-bond donors (Lipinski definition) is 0. The van der Waals surface area contributed by atoms with E-state index in [1.165, 1.54) is 7.11 Å². The summed E-state index contributed by atoms with van der Waals surface area (Å²) >= 11 is 0. The molecule has 2 aromatic rings. The van der Waals surface area contributed by atoms with Gasteiger partial charge >= 0.3 is 5.97 Å². The molecular formula is C15H15NO4. The van der Waals surface area contributed by atoms with E-state index >= 15 is 0 Å². The van der Waals surface area contributed by atoms with Crippen LogP contribution in [0.25, 0.3) is 11.5 Å². The fourth-order valence-corrected chi connectivity index (χ4v) is 2.08. The molecule has 1 saturated carbocycles. The average Bonchev–Trinajstić information content (AvgIpc) is 3.25. The van der Waals surface area contributed by atoms with Crippen molar-refractivity contribution in [1.29, 1.82) is 0 Å². The zero-order chi connectivity index (χ0) is 14.1. The van der Waals surface area contributed by atoms with Crippen molar-refractivity contribution >= 4 is 5.97 Å². The number of methoxy groups -OCH3 is 2. The normalized spacial score (nSPS) is 14.1. The summed E-state index contributed by atoms with van der Waals surface area (Å²) in [5.41, 5.74) is 1.06. The number of rotatable bonds is 4. The van der Waals surface area contributed by atoms with Crippen molar-refractivity contribution in [3.63, 3.8) is 0 Å². The lowest BCUT2D eigenvalue weighted by Crippen LogP contribution is -2.04. The fraction of sp³-hybridized carbons (Fsp3) is 0.333. The second-order valence-electron chi connectivity index (χ2n) is 4.73. The van der Waals surface area contributed by atoms with Crippen molar-refractivity contribution in [1.82, 2.24) is 4.98 Å². The van der Waals surface area contributed by atoms with Crippen molar-refractivity contribution < 1.29 is 18.7 Å². The fourth-order valence-electron chi connectivity index (χ4n) is 2.08. The van der Waals surface area contributed by atoms with Gasteiger partial charge in [0.25, 0.3) is 0 Å². The van der Waals surface area contributed by atoms with Crippen LogP contribution in [-0.2, 0) is 4.74 Å². The molecule has 0 bridgehead atoms. The topological polar surface area (TPSA) is 61.6 Å². The van der Waals surface area contributed by atoms with Gasteiger partial charge in [0.05, 0.1) is 14.2 Å². The Labute approximate surface area is 116 Å². The number of benzene rings is 1. The van der Waals surface area contributed by atoms with Crippen LogP contribution < -0.4 is 4.74 Å². The molecule has 104 valence electrons. The SMILES string of the molecule is COC(=O)c1nc(-c2cccc(OC)c2)oc1C1CC1. The molecule has 3 rings (SSSR count). The summed E-state index contributed by atoms with van der Waals surface area (Å²) in [6.45, 7) is 0. The first-order chi connectivity index (χ1) is 9.72. The quantitative estimate of drug-likeness (QED) is 0.801. The molecule has 0 amide bonds. The average molecular weight is 273 g/mol. The zero-order valence-electron chi connectivity index (χ0n) is 11.4. The molecule has 1 heterocycles. The second-order valence-corrected chi connectivity index (χ2v) is 4.73. The zero-order valence-corrected chi connectivity index (χ0v) is 11.4. The van der Waals surface area contributed by atoms with Crippen molar-refractivity contribution in [2.24, 2.45) is 0 Å². The minimum atomic E-state index is -0.454. The molecule has 0 unspecified atom stereocenters. The van der Waals surface area contributed by atoms with Gasteiger partial charge in [0.15, 0.2) is 5.69 Å². The minimum Gasteiger partial charge on any atom is -0.497 e. The lowest BCUT2D eigenvalue weighted by atomic mass is 10.2. The molecular weight excluding hydrogens is 258 g/mol. The summed E-state index contributed by atoms with van der Waals surface area (Å²) in [5, 5.41) is 0. The van der Waals surface area contributed by atoms with Crippen LogP contribution in [0.5, 0.6) is 5.75 Å².